The summed E-state index contributed by atoms with van der Waals surface area (Å²) >= 11 is 0. The molecule has 0 saturated carbocycles. The van der Waals surface area contributed by atoms with Crippen LogP contribution in [-0.4, -0.2) is 35.9 Å². The highest BCUT2D eigenvalue weighted by Crippen LogP contribution is 2.34. The lowest BCUT2D eigenvalue weighted by Gasteiger charge is -2.21. The van der Waals surface area contributed by atoms with Gasteiger partial charge in [-0.2, -0.15) is 4.68 Å². The van der Waals surface area contributed by atoms with Gasteiger partial charge in [-0.1, -0.05) is 29.4 Å². The second-order valence-corrected chi connectivity index (χ2v) is 6.44. The number of carbonyl (C=O) groups is 1. The fourth-order valence-electron chi connectivity index (χ4n) is 3.81. The molecule has 0 spiro atoms. The molecular weight excluding hydrogens is 344 g/mol. The number of hydrogen-bond donors (Lipinski definition) is 2. The maximum absolute atomic E-state index is 11.5. The number of aliphatic carboxylic acids is 1. The Morgan fingerprint density at radius 1 is 1.19 bits per heavy atom. The molecule has 0 fully saturated rings. The molecule has 134 valence electrons. The first kappa shape index (κ1) is 15.6. The smallest absolute Gasteiger partial charge is 0.352 e. The van der Waals surface area contributed by atoms with Crippen LogP contribution < -0.4 is 5.32 Å². The molecule has 0 aliphatic carbocycles. The molecule has 1 aliphatic heterocycles. The fraction of sp³-hybridized carbons (Fsp3) is 0.158. The van der Waals surface area contributed by atoms with Gasteiger partial charge in [0.1, 0.15) is 11.7 Å². The van der Waals surface area contributed by atoms with Gasteiger partial charge >= 0.3 is 5.97 Å². The minimum absolute atomic E-state index is 0.0679. The van der Waals surface area contributed by atoms with E-state index >= 15 is 0 Å². The second kappa shape index (κ2) is 5.66. The molecule has 4 aromatic rings. The van der Waals surface area contributed by atoms with Crippen LogP contribution in [0.25, 0.3) is 21.8 Å². The number of fused-ring (bicyclic) bond motifs is 4. The van der Waals surface area contributed by atoms with Gasteiger partial charge in [-0.25, -0.2) is 4.79 Å². The predicted molar refractivity (Wildman–Crippen MR) is 100 cm³/mol. The van der Waals surface area contributed by atoms with Crippen LogP contribution >= 0.6 is 0 Å². The summed E-state index contributed by atoms with van der Waals surface area (Å²) in [6, 6.07) is 14.1. The molecule has 2 aromatic heterocycles. The first-order valence-electron chi connectivity index (χ1n) is 8.68. The summed E-state index contributed by atoms with van der Waals surface area (Å²) in [5.41, 5.74) is 3.33. The Morgan fingerprint density at radius 2 is 2.00 bits per heavy atom. The van der Waals surface area contributed by atoms with Gasteiger partial charge in [0.25, 0.3) is 0 Å². The Hall–Kier alpha value is -3.68. The maximum Gasteiger partial charge on any atom is 0.352 e. The van der Waals surface area contributed by atoms with Gasteiger partial charge < -0.3 is 15.0 Å². The minimum atomic E-state index is -1.04. The van der Waals surface area contributed by atoms with E-state index < -0.39 is 12.0 Å². The molecule has 27 heavy (non-hydrogen) atoms. The van der Waals surface area contributed by atoms with Crippen molar-refractivity contribution in [2.75, 3.05) is 5.32 Å². The topological polar surface area (TPSA) is 97.9 Å². The number of allylic oxidation sites excluding steroid dienone is 1. The third-order valence-corrected chi connectivity index (χ3v) is 5.01. The SMILES string of the molecule is CCn1c2ccccc2c2cc([C@@H]3C=C(C(=O)O)Nc4nnnn43)ccc21. The zero-order valence-corrected chi connectivity index (χ0v) is 14.5. The van der Waals surface area contributed by atoms with Crippen molar-refractivity contribution < 1.29 is 9.90 Å². The van der Waals surface area contributed by atoms with Crippen LogP contribution in [0, 0.1) is 0 Å². The van der Waals surface area contributed by atoms with Gasteiger partial charge in [-0.15, -0.1) is 0 Å². The van der Waals surface area contributed by atoms with E-state index in [1.165, 1.54) is 10.9 Å². The fourth-order valence-corrected chi connectivity index (χ4v) is 3.81. The molecule has 1 aliphatic rings. The van der Waals surface area contributed by atoms with E-state index in [-0.39, 0.29) is 5.70 Å². The molecule has 2 N–H and O–H groups in total. The first-order valence-corrected chi connectivity index (χ1v) is 8.68. The van der Waals surface area contributed by atoms with Gasteiger partial charge in [0.05, 0.1) is 0 Å². The van der Waals surface area contributed by atoms with Crippen molar-refractivity contribution in [2.24, 2.45) is 0 Å². The lowest BCUT2D eigenvalue weighted by atomic mass is 10.0. The van der Waals surface area contributed by atoms with Crippen molar-refractivity contribution in [1.82, 2.24) is 24.8 Å². The van der Waals surface area contributed by atoms with Crippen LogP contribution in [0.1, 0.15) is 18.5 Å². The molecule has 0 unspecified atom stereocenters. The lowest BCUT2D eigenvalue weighted by molar-refractivity contribution is -0.132. The average Bonchev–Trinajstić information content (AvgIpc) is 3.29. The van der Waals surface area contributed by atoms with Crippen molar-refractivity contribution in [3.63, 3.8) is 0 Å². The van der Waals surface area contributed by atoms with Gasteiger partial charge in [0, 0.05) is 28.4 Å². The molecule has 5 rings (SSSR count). The molecular formula is C19H16N6O2. The highest BCUT2D eigenvalue weighted by molar-refractivity contribution is 6.08. The van der Waals surface area contributed by atoms with Crippen LogP contribution in [-0.2, 0) is 11.3 Å². The monoisotopic (exact) mass is 360 g/mol. The van der Waals surface area contributed by atoms with Crippen LogP contribution in [0.15, 0.2) is 54.2 Å². The third-order valence-electron chi connectivity index (χ3n) is 5.01. The van der Waals surface area contributed by atoms with Crippen molar-refractivity contribution in [3.8, 4) is 0 Å². The van der Waals surface area contributed by atoms with Crippen LogP contribution in [0.4, 0.5) is 5.95 Å². The summed E-state index contributed by atoms with van der Waals surface area (Å²) in [4.78, 5) is 11.5. The third kappa shape index (κ3) is 2.23. The molecule has 1 atom stereocenters. The summed E-state index contributed by atoms with van der Waals surface area (Å²) < 4.78 is 3.87. The Labute approximate surface area is 153 Å². The number of benzene rings is 2. The lowest BCUT2D eigenvalue weighted by Crippen LogP contribution is -2.24. The van der Waals surface area contributed by atoms with Crippen LogP contribution in [0.5, 0.6) is 0 Å². The number of aryl methyl sites for hydroxylation is 1. The van der Waals surface area contributed by atoms with E-state index in [0.717, 1.165) is 23.0 Å². The van der Waals surface area contributed by atoms with Crippen LogP contribution in [0.3, 0.4) is 0 Å². The van der Waals surface area contributed by atoms with Crippen molar-refractivity contribution >= 4 is 33.7 Å². The number of rotatable bonds is 3. The Balaban J connectivity index is 1.75. The normalized spacial score (nSPS) is 16.2. The quantitative estimate of drug-likeness (QED) is 0.583. The zero-order valence-electron chi connectivity index (χ0n) is 14.5. The maximum atomic E-state index is 11.5. The van der Waals surface area contributed by atoms with E-state index in [1.807, 2.05) is 18.2 Å². The predicted octanol–water partition coefficient (Wildman–Crippen LogP) is 2.78. The number of para-hydroxylation sites is 1. The molecule has 2 aromatic carbocycles. The molecule has 3 heterocycles. The summed E-state index contributed by atoms with van der Waals surface area (Å²) in [5, 5.41) is 26.0. The standard InChI is InChI=1S/C19H16N6O2/c1-2-24-15-6-4-3-5-12(15)13-9-11(7-8-16(13)24)17-10-14(18(26)27)20-19-21-22-23-25(17)19/h3-10,17H,2H2,1H3,(H,26,27)(H,20,21,23)/t17-/m0/s1. The number of nitrogens with zero attached hydrogens (tertiary/aromatic N) is 5. The zero-order chi connectivity index (χ0) is 18.5. The highest BCUT2D eigenvalue weighted by atomic mass is 16.4. The largest absolute Gasteiger partial charge is 0.477 e. The summed E-state index contributed by atoms with van der Waals surface area (Å²) in [7, 11) is 0. The van der Waals surface area contributed by atoms with Crippen molar-refractivity contribution in [3.05, 3.63) is 59.8 Å². The Kier molecular flexibility index (Phi) is 3.27. The van der Waals surface area contributed by atoms with Crippen LogP contribution in [0.2, 0.25) is 0 Å². The van der Waals surface area contributed by atoms with Gasteiger partial charge in [0.2, 0.25) is 5.95 Å². The summed E-state index contributed by atoms with van der Waals surface area (Å²) in [6.07, 6.45) is 1.63. The van der Waals surface area contributed by atoms with Crippen molar-refractivity contribution in [1.29, 1.82) is 0 Å². The number of nitrogens with one attached hydrogen (secondary N) is 1. The van der Waals surface area contributed by atoms with E-state index in [1.54, 1.807) is 10.8 Å². The number of aromatic nitrogens is 5. The highest BCUT2D eigenvalue weighted by Gasteiger charge is 2.27. The number of tetrazole rings is 1. The molecule has 0 amide bonds. The molecule has 0 radical (unpaired) electrons. The van der Waals surface area contributed by atoms with E-state index in [9.17, 15) is 9.90 Å². The van der Waals surface area contributed by atoms with Crippen molar-refractivity contribution in [2.45, 2.75) is 19.5 Å². The number of anilines is 1. The van der Waals surface area contributed by atoms with E-state index in [2.05, 4.69) is 56.6 Å². The second-order valence-electron chi connectivity index (χ2n) is 6.44. The Bertz CT molecular complexity index is 1240. The van der Waals surface area contributed by atoms with Gasteiger partial charge in [-0.3, -0.25) is 0 Å². The summed E-state index contributed by atoms with van der Waals surface area (Å²) in [5.74, 6) is -0.728. The number of carboxylic acid groups (broad SMARTS) is 1. The molecule has 8 heteroatoms. The minimum Gasteiger partial charge on any atom is -0.477 e. The van der Waals surface area contributed by atoms with E-state index in [0.29, 0.717) is 5.95 Å². The number of hydrogen-bond acceptors (Lipinski definition) is 5. The summed E-state index contributed by atoms with van der Waals surface area (Å²) in [6.45, 7) is 3.00. The number of carboxylic acids is 1. The average molecular weight is 360 g/mol. The van der Waals surface area contributed by atoms with Gasteiger partial charge in [0.15, 0.2) is 0 Å². The molecule has 0 saturated heterocycles. The molecule has 8 nitrogen and oxygen atoms in total. The van der Waals surface area contributed by atoms with Gasteiger partial charge in [-0.05, 0) is 47.2 Å². The Morgan fingerprint density at radius 3 is 2.81 bits per heavy atom. The molecule has 0 bridgehead atoms. The first-order chi connectivity index (χ1) is 13.2. The van der Waals surface area contributed by atoms with E-state index in [4.69, 9.17) is 0 Å².